The molecule has 1 saturated heterocycles. The number of Topliss-reactive ketones (excluding diaryl/α,β-unsaturated/α-hetero) is 1. The third-order valence-electron chi connectivity index (χ3n) is 3.68. The number of hydrogen-bond donors (Lipinski definition) is 0. The maximum Gasteiger partial charge on any atom is 0.323 e. The number of nitrogens with zero attached hydrogens (tertiary/aromatic N) is 2. The zero-order valence-electron chi connectivity index (χ0n) is 12.6. The molecule has 0 saturated carbocycles. The monoisotopic (exact) mass is 294 g/mol. The van der Waals surface area contributed by atoms with Crippen LogP contribution in [0.4, 0.5) is 0 Å². The summed E-state index contributed by atoms with van der Waals surface area (Å²) < 4.78 is 10.3. The number of cyclic esters (lactones) is 1. The quantitative estimate of drug-likeness (QED) is 0.710. The standard InChI is InChI=1S/C15H22N2O4/c1-3-17-7-8-20-15(19)13(17)9-12(18)5-4-6-14-16-11(2)10-21-14/h10,13H,3-9H2,1-2H3. The van der Waals surface area contributed by atoms with E-state index in [1.807, 2.05) is 18.7 Å². The molecule has 1 aromatic heterocycles. The SMILES string of the molecule is CCN1CCOC(=O)C1CC(=O)CCCc1nc(C)co1. The number of oxazole rings is 1. The first kappa shape index (κ1) is 15.7. The molecule has 0 radical (unpaired) electrons. The van der Waals surface area contributed by atoms with Crippen LogP contribution in [0.2, 0.25) is 0 Å². The molecule has 6 heteroatoms. The fourth-order valence-electron chi connectivity index (χ4n) is 2.53. The predicted octanol–water partition coefficient (Wildman–Crippen LogP) is 1.51. The lowest BCUT2D eigenvalue weighted by molar-refractivity contribution is -0.158. The molecule has 2 heterocycles. The molecule has 0 spiro atoms. The Morgan fingerprint density at radius 2 is 2.33 bits per heavy atom. The molecule has 0 N–H and O–H groups in total. The van der Waals surface area contributed by atoms with E-state index in [1.54, 1.807) is 6.26 Å². The van der Waals surface area contributed by atoms with Crippen LogP contribution >= 0.6 is 0 Å². The fraction of sp³-hybridized carbons (Fsp3) is 0.667. The Kier molecular flexibility index (Phi) is 5.50. The van der Waals surface area contributed by atoms with E-state index in [4.69, 9.17) is 9.15 Å². The smallest absolute Gasteiger partial charge is 0.323 e. The van der Waals surface area contributed by atoms with Crippen molar-refractivity contribution >= 4 is 11.8 Å². The van der Waals surface area contributed by atoms with Gasteiger partial charge in [0, 0.05) is 25.8 Å². The van der Waals surface area contributed by atoms with Crippen LogP contribution in [0.25, 0.3) is 0 Å². The summed E-state index contributed by atoms with van der Waals surface area (Å²) in [6.07, 6.45) is 3.60. The Morgan fingerprint density at radius 1 is 1.52 bits per heavy atom. The molecular weight excluding hydrogens is 272 g/mol. The van der Waals surface area contributed by atoms with Gasteiger partial charge in [0.05, 0.1) is 5.69 Å². The molecule has 2 rings (SSSR count). The second kappa shape index (κ2) is 7.36. The number of ether oxygens (including phenoxy) is 1. The highest BCUT2D eigenvalue weighted by molar-refractivity contribution is 5.86. The van der Waals surface area contributed by atoms with Crippen LogP contribution in [0.1, 0.15) is 37.8 Å². The van der Waals surface area contributed by atoms with Gasteiger partial charge in [-0.05, 0) is 19.9 Å². The molecule has 1 unspecified atom stereocenters. The number of likely N-dealkylation sites (N-methyl/N-ethyl adjacent to an activating group) is 1. The molecule has 6 nitrogen and oxygen atoms in total. The van der Waals surface area contributed by atoms with Crippen molar-refractivity contribution in [2.24, 2.45) is 0 Å². The summed E-state index contributed by atoms with van der Waals surface area (Å²) in [6.45, 7) is 5.73. The van der Waals surface area contributed by atoms with Gasteiger partial charge >= 0.3 is 5.97 Å². The second-order valence-electron chi connectivity index (χ2n) is 5.29. The van der Waals surface area contributed by atoms with Crippen molar-refractivity contribution in [3.8, 4) is 0 Å². The number of hydrogen-bond acceptors (Lipinski definition) is 6. The number of carbonyl (C=O) groups excluding carboxylic acids is 2. The minimum absolute atomic E-state index is 0.0839. The van der Waals surface area contributed by atoms with Crippen LogP contribution in [0.3, 0.4) is 0 Å². The summed E-state index contributed by atoms with van der Waals surface area (Å²) in [5.41, 5.74) is 0.847. The van der Waals surface area contributed by atoms with Gasteiger partial charge in [0.2, 0.25) is 0 Å². The van der Waals surface area contributed by atoms with Crippen LogP contribution in [0.5, 0.6) is 0 Å². The molecule has 0 amide bonds. The van der Waals surface area contributed by atoms with E-state index in [9.17, 15) is 9.59 Å². The highest BCUT2D eigenvalue weighted by atomic mass is 16.5. The third kappa shape index (κ3) is 4.39. The number of aromatic nitrogens is 1. The minimum Gasteiger partial charge on any atom is -0.463 e. The number of rotatable bonds is 7. The van der Waals surface area contributed by atoms with E-state index in [1.165, 1.54) is 0 Å². The van der Waals surface area contributed by atoms with Crippen molar-refractivity contribution in [3.05, 3.63) is 17.8 Å². The van der Waals surface area contributed by atoms with E-state index in [0.717, 1.165) is 12.2 Å². The van der Waals surface area contributed by atoms with Crippen molar-refractivity contribution in [2.45, 2.75) is 45.6 Å². The molecule has 1 aromatic rings. The molecule has 1 atom stereocenters. The highest BCUT2D eigenvalue weighted by Crippen LogP contribution is 2.14. The van der Waals surface area contributed by atoms with Gasteiger partial charge in [0.15, 0.2) is 5.89 Å². The number of aryl methyl sites for hydroxylation is 2. The summed E-state index contributed by atoms with van der Waals surface area (Å²) >= 11 is 0. The Morgan fingerprint density at radius 3 is 3.00 bits per heavy atom. The first-order valence-corrected chi connectivity index (χ1v) is 7.43. The first-order chi connectivity index (χ1) is 10.1. The van der Waals surface area contributed by atoms with E-state index in [-0.39, 0.29) is 18.2 Å². The van der Waals surface area contributed by atoms with Gasteiger partial charge in [0.25, 0.3) is 0 Å². The predicted molar refractivity (Wildman–Crippen MR) is 75.8 cm³/mol. The summed E-state index contributed by atoms with van der Waals surface area (Å²) in [6, 6.07) is -0.416. The van der Waals surface area contributed by atoms with Crippen LogP contribution in [-0.2, 0) is 20.7 Å². The lowest BCUT2D eigenvalue weighted by Crippen LogP contribution is -2.49. The topological polar surface area (TPSA) is 72.6 Å². The molecule has 0 aromatic carbocycles. The third-order valence-corrected chi connectivity index (χ3v) is 3.68. The molecule has 1 aliphatic rings. The number of esters is 1. The maximum atomic E-state index is 12.0. The zero-order valence-corrected chi connectivity index (χ0v) is 12.6. The van der Waals surface area contributed by atoms with Gasteiger partial charge < -0.3 is 9.15 Å². The van der Waals surface area contributed by atoms with Gasteiger partial charge in [-0.3, -0.25) is 14.5 Å². The lowest BCUT2D eigenvalue weighted by atomic mass is 10.0. The molecule has 1 fully saturated rings. The van der Waals surface area contributed by atoms with Gasteiger partial charge in [-0.1, -0.05) is 6.92 Å². The van der Waals surface area contributed by atoms with E-state index in [2.05, 4.69) is 4.98 Å². The number of ketones is 1. The molecule has 1 aliphatic heterocycles. The average Bonchev–Trinajstić information content (AvgIpc) is 2.86. The van der Waals surface area contributed by atoms with Crippen molar-refractivity contribution in [2.75, 3.05) is 19.7 Å². The van der Waals surface area contributed by atoms with Crippen LogP contribution < -0.4 is 0 Å². The molecular formula is C15H22N2O4. The van der Waals surface area contributed by atoms with Gasteiger partial charge in [-0.2, -0.15) is 0 Å². The highest BCUT2D eigenvalue weighted by Gasteiger charge is 2.31. The number of carbonyl (C=O) groups is 2. The second-order valence-corrected chi connectivity index (χ2v) is 5.29. The summed E-state index contributed by atoms with van der Waals surface area (Å²) in [5.74, 6) is 0.466. The summed E-state index contributed by atoms with van der Waals surface area (Å²) in [5, 5.41) is 0. The average molecular weight is 294 g/mol. The lowest BCUT2D eigenvalue weighted by Gasteiger charge is -2.32. The Balaban J connectivity index is 1.76. The van der Waals surface area contributed by atoms with Gasteiger partial charge in [-0.15, -0.1) is 0 Å². The van der Waals surface area contributed by atoms with Crippen molar-refractivity contribution in [1.29, 1.82) is 0 Å². The number of morpholine rings is 1. The summed E-state index contributed by atoms with van der Waals surface area (Å²) in [7, 11) is 0. The van der Waals surface area contributed by atoms with E-state index >= 15 is 0 Å². The molecule has 0 bridgehead atoms. The van der Waals surface area contributed by atoms with Crippen molar-refractivity contribution in [3.63, 3.8) is 0 Å². The maximum absolute atomic E-state index is 12.0. The first-order valence-electron chi connectivity index (χ1n) is 7.43. The van der Waals surface area contributed by atoms with Crippen molar-refractivity contribution < 1.29 is 18.7 Å². The zero-order chi connectivity index (χ0) is 15.2. The Bertz CT molecular complexity index is 498. The van der Waals surface area contributed by atoms with E-state index < -0.39 is 6.04 Å². The minimum atomic E-state index is -0.416. The molecule has 21 heavy (non-hydrogen) atoms. The van der Waals surface area contributed by atoms with Crippen LogP contribution in [0, 0.1) is 6.92 Å². The van der Waals surface area contributed by atoms with Gasteiger partial charge in [0.1, 0.15) is 24.7 Å². The Labute approximate surface area is 124 Å². The Hall–Kier alpha value is -1.69. The fourth-order valence-corrected chi connectivity index (χ4v) is 2.53. The van der Waals surface area contributed by atoms with E-state index in [0.29, 0.717) is 38.3 Å². The van der Waals surface area contributed by atoms with Crippen molar-refractivity contribution in [1.82, 2.24) is 9.88 Å². The normalized spacial score (nSPS) is 19.5. The molecule has 116 valence electrons. The largest absolute Gasteiger partial charge is 0.463 e. The van der Waals surface area contributed by atoms with Gasteiger partial charge in [-0.25, -0.2) is 4.98 Å². The van der Waals surface area contributed by atoms with Crippen LogP contribution in [-0.4, -0.2) is 47.4 Å². The summed E-state index contributed by atoms with van der Waals surface area (Å²) in [4.78, 5) is 30.0. The van der Waals surface area contributed by atoms with Crippen LogP contribution in [0.15, 0.2) is 10.7 Å². The molecule has 0 aliphatic carbocycles.